The second-order valence-electron chi connectivity index (χ2n) is 5.01. The minimum atomic E-state index is -0.907. The van der Waals surface area contributed by atoms with E-state index in [-0.39, 0.29) is 30.2 Å². The first-order valence-corrected chi connectivity index (χ1v) is 6.63. The zero-order chi connectivity index (χ0) is 14.0. The van der Waals surface area contributed by atoms with Crippen LogP contribution < -0.4 is 5.32 Å². The van der Waals surface area contributed by atoms with Crippen LogP contribution in [0.2, 0.25) is 5.02 Å². The Labute approximate surface area is 116 Å². The van der Waals surface area contributed by atoms with Gasteiger partial charge >= 0.3 is 5.97 Å². The van der Waals surface area contributed by atoms with Gasteiger partial charge in [-0.05, 0) is 37.0 Å². The van der Waals surface area contributed by atoms with Gasteiger partial charge in [-0.25, -0.2) is 0 Å². The van der Waals surface area contributed by atoms with Crippen molar-refractivity contribution in [1.82, 2.24) is 5.32 Å². The van der Waals surface area contributed by atoms with Crippen molar-refractivity contribution in [1.29, 1.82) is 0 Å². The molecule has 3 atom stereocenters. The summed E-state index contributed by atoms with van der Waals surface area (Å²) in [5.74, 6) is -0.834. The molecule has 0 bridgehead atoms. The van der Waals surface area contributed by atoms with Crippen LogP contribution in [0.4, 0.5) is 0 Å². The van der Waals surface area contributed by atoms with Crippen molar-refractivity contribution in [3.8, 4) is 0 Å². The van der Waals surface area contributed by atoms with Crippen LogP contribution in [0.3, 0.4) is 0 Å². The van der Waals surface area contributed by atoms with Gasteiger partial charge in [0, 0.05) is 17.0 Å². The van der Waals surface area contributed by atoms with Crippen LogP contribution in [0.25, 0.3) is 0 Å². The van der Waals surface area contributed by atoms with E-state index in [1.807, 2.05) is 18.2 Å². The van der Waals surface area contributed by atoms with Crippen LogP contribution in [0.5, 0.6) is 0 Å². The average Bonchev–Trinajstić information content (AvgIpc) is 3.07. The van der Waals surface area contributed by atoms with Gasteiger partial charge in [0.05, 0.1) is 6.42 Å². The number of hydrogen-bond donors (Lipinski definition) is 2. The highest BCUT2D eigenvalue weighted by atomic mass is 35.5. The number of nitrogens with one attached hydrogen (secondary N) is 1. The topological polar surface area (TPSA) is 66.4 Å². The molecule has 0 radical (unpaired) electrons. The maximum atomic E-state index is 11.9. The number of carboxylic acids is 1. The maximum absolute atomic E-state index is 11.9. The third-order valence-electron chi connectivity index (χ3n) is 3.27. The molecule has 0 spiro atoms. The van der Waals surface area contributed by atoms with Crippen LogP contribution in [0.1, 0.15) is 31.2 Å². The van der Waals surface area contributed by atoms with Gasteiger partial charge in [-0.15, -0.1) is 0 Å². The Kier molecular flexibility index (Phi) is 4.10. The molecule has 0 aliphatic heterocycles. The van der Waals surface area contributed by atoms with E-state index in [1.165, 1.54) is 0 Å². The lowest BCUT2D eigenvalue weighted by Gasteiger charge is -2.11. The van der Waals surface area contributed by atoms with Gasteiger partial charge in [0.15, 0.2) is 0 Å². The highest BCUT2D eigenvalue weighted by molar-refractivity contribution is 6.30. The van der Waals surface area contributed by atoms with Gasteiger partial charge in [-0.3, -0.25) is 9.59 Å². The van der Waals surface area contributed by atoms with Gasteiger partial charge in [-0.1, -0.05) is 23.7 Å². The van der Waals surface area contributed by atoms with Crippen molar-refractivity contribution in [2.24, 2.45) is 5.92 Å². The highest BCUT2D eigenvalue weighted by Crippen LogP contribution is 2.47. The minimum Gasteiger partial charge on any atom is -0.481 e. The molecule has 1 amide bonds. The lowest BCUT2D eigenvalue weighted by atomic mass is 10.1. The number of halogens is 1. The molecular weight excluding hydrogens is 266 g/mol. The number of carbonyl (C=O) groups is 2. The Morgan fingerprint density at radius 3 is 2.89 bits per heavy atom. The normalized spacial score (nSPS) is 22.6. The van der Waals surface area contributed by atoms with Crippen LogP contribution >= 0.6 is 11.6 Å². The van der Waals surface area contributed by atoms with E-state index in [2.05, 4.69) is 5.32 Å². The molecule has 0 saturated heterocycles. The van der Waals surface area contributed by atoms with Gasteiger partial charge in [0.1, 0.15) is 0 Å². The molecule has 5 heteroatoms. The van der Waals surface area contributed by atoms with E-state index in [9.17, 15) is 9.59 Å². The fourth-order valence-corrected chi connectivity index (χ4v) is 2.45. The zero-order valence-corrected chi connectivity index (χ0v) is 11.4. The Morgan fingerprint density at radius 2 is 2.26 bits per heavy atom. The van der Waals surface area contributed by atoms with Crippen molar-refractivity contribution in [3.63, 3.8) is 0 Å². The SMILES string of the molecule is CC(CC(=O)O)NC(=O)C1CC1c1cccc(Cl)c1. The summed E-state index contributed by atoms with van der Waals surface area (Å²) in [6.45, 7) is 1.70. The van der Waals surface area contributed by atoms with Crippen molar-refractivity contribution < 1.29 is 14.7 Å². The number of hydrogen-bond acceptors (Lipinski definition) is 2. The first kappa shape index (κ1) is 13.9. The van der Waals surface area contributed by atoms with Crippen molar-refractivity contribution in [3.05, 3.63) is 34.9 Å². The molecule has 2 rings (SSSR count). The Bertz CT molecular complexity index is 503. The molecule has 0 heterocycles. The fourth-order valence-electron chi connectivity index (χ4n) is 2.25. The van der Waals surface area contributed by atoms with Crippen molar-refractivity contribution in [2.45, 2.75) is 31.7 Å². The number of benzene rings is 1. The molecule has 1 aliphatic carbocycles. The summed E-state index contributed by atoms with van der Waals surface area (Å²) in [6, 6.07) is 7.17. The summed E-state index contributed by atoms with van der Waals surface area (Å²) >= 11 is 5.92. The molecule has 1 aliphatic rings. The van der Waals surface area contributed by atoms with Gasteiger partial charge in [-0.2, -0.15) is 0 Å². The first-order chi connectivity index (χ1) is 8.97. The molecule has 1 aromatic carbocycles. The van der Waals surface area contributed by atoms with Gasteiger partial charge < -0.3 is 10.4 Å². The fraction of sp³-hybridized carbons (Fsp3) is 0.429. The van der Waals surface area contributed by atoms with E-state index >= 15 is 0 Å². The third kappa shape index (κ3) is 3.70. The quantitative estimate of drug-likeness (QED) is 0.871. The predicted molar refractivity (Wildman–Crippen MR) is 72.2 cm³/mol. The molecular formula is C14H16ClNO3. The molecule has 4 nitrogen and oxygen atoms in total. The summed E-state index contributed by atoms with van der Waals surface area (Å²) in [5.41, 5.74) is 1.07. The summed E-state index contributed by atoms with van der Waals surface area (Å²) in [7, 11) is 0. The number of carbonyl (C=O) groups excluding carboxylic acids is 1. The van der Waals surface area contributed by atoms with Crippen LogP contribution in [-0.4, -0.2) is 23.0 Å². The molecule has 1 fully saturated rings. The molecule has 19 heavy (non-hydrogen) atoms. The van der Waals surface area contributed by atoms with Crippen LogP contribution in [0.15, 0.2) is 24.3 Å². The third-order valence-corrected chi connectivity index (χ3v) is 3.51. The molecule has 102 valence electrons. The zero-order valence-electron chi connectivity index (χ0n) is 10.6. The summed E-state index contributed by atoms with van der Waals surface area (Å²) in [4.78, 5) is 22.5. The predicted octanol–water partition coefficient (Wildman–Crippen LogP) is 2.42. The molecule has 3 unspecified atom stereocenters. The lowest BCUT2D eigenvalue weighted by molar-refractivity contribution is -0.137. The number of amides is 1. The van der Waals surface area contributed by atoms with E-state index in [0.717, 1.165) is 12.0 Å². The largest absolute Gasteiger partial charge is 0.481 e. The van der Waals surface area contributed by atoms with E-state index < -0.39 is 5.97 Å². The van der Waals surface area contributed by atoms with E-state index in [4.69, 9.17) is 16.7 Å². The van der Waals surface area contributed by atoms with Crippen LogP contribution in [-0.2, 0) is 9.59 Å². The van der Waals surface area contributed by atoms with E-state index in [0.29, 0.717) is 5.02 Å². The smallest absolute Gasteiger partial charge is 0.305 e. The first-order valence-electron chi connectivity index (χ1n) is 6.25. The second kappa shape index (κ2) is 5.61. The Balaban J connectivity index is 1.88. The van der Waals surface area contributed by atoms with E-state index in [1.54, 1.807) is 13.0 Å². The Morgan fingerprint density at radius 1 is 1.53 bits per heavy atom. The number of aliphatic carboxylic acids is 1. The van der Waals surface area contributed by atoms with Gasteiger partial charge in [0.25, 0.3) is 0 Å². The lowest BCUT2D eigenvalue weighted by Crippen LogP contribution is -2.35. The van der Waals surface area contributed by atoms with Crippen molar-refractivity contribution >= 4 is 23.5 Å². The summed E-state index contributed by atoms with van der Waals surface area (Å²) < 4.78 is 0. The summed E-state index contributed by atoms with van der Waals surface area (Å²) in [5, 5.41) is 12.0. The molecule has 1 aromatic rings. The molecule has 1 saturated carbocycles. The average molecular weight is 282 g/mol. The summed E-state index contributed by atoms with van der Waals surface area (Å²) in [6.07, 6.45) is 0.742. The van der Waals surface area contributed by atoms with Crippen LogP contribution in [0, 0.1) is 5.92 Å². The maximum Gasteiger partial charge on any atom is 0.305 e. The Hall–Kier alpha value is -1.55. The van der Waals surface area contributed by atoms with Crippen molar-refractivity contribution in [2.75, 3.05) is 0 Å². The monoisotopic (exact) mass is 281 g/mol. The number of carboxylic acid groups (broad SMARTS) is 1. The minimum absolute atomic E-state index is 0.0553. The number of rotatable bonds is 5. The molecule has 2 N–H and O–H groups in total. The standard InChI is InChI=1S/C14H16ClNO3/c1-8(5-13(17)18)16-14(19)12-7-11(12)9-3-2-4-10(15)6-9/h2-4,6,8,11-12H,5,7H2,1H3,(H,16,19)(H,17,18). The highest BCUT2D eigenvalue weighted by Gasteiger charge is 2.44. The molecule has 0 aromatic heterocycles. The second-order valence-corrected chi connectivity index (χ2v) is 5.45. The van der Waals surface area contributed by atoms with Gasteiger partial charge in [0.2, 0.25) is 5.91 Å².